The van der Waals surface area contributed by atoms with E-state index in [0.29, 0.717) is 25.5 Å². The molecule has 0 unspecified atom stereocenters. The molecule has 1 aliphatic heterocycles. The van der Waals surface area contributed by atoms with Gasteiger partial charge in [-0.25, -0.2) is 8.78 Å². The van der Waals surface area contributed by atoms with Gasteiger partial charge < -0.3 is 14.8 Å². The van der Waals surface area contributed by atoms with Crippen molar-refractivity contribution in [3.05, 3.63) is 59.2 Å². The molecule has 1 aliphatic rings. The fraction of sp³-hybridized carbons (Fsp3) is 0.250. The van der Waals surface area contributed by atoms with Crippen LogP contribution < -0.4 is 14.8 Å². The summed E-state index contributed by atoms with van der Waals surface area (Å²) in [6.45, 7) is 1.71. The van der Waals surface area contributed by atoms with Gasteiger partial charge in [0, 0.05) is 18.7 Å². The van der Waals surface area contributed by atoms with Crippen LogP contribution in [-0.2, 0) is 13.1 Å². The monoisotopic (exact) mass is 291 g/mol. The van der Waals surface area contributed by atoms with Crippen LogP contribution >= 0.6 is 0 Å². The van der Waals surface area contributed by atoms with Crippen molar-refractivity contribution in [1.82, 2.24) is 5.32 Å². The van der Waals surface area contributed by atoms with E-state index in [4.69, 9.17) is 9.47 Å². The first-order valence-corrected chi connectivity index (χ1v) is 6.76. The molecule has 0 spiro atoms. The lowest BCUT2D eigenvalue weighted by molar-refractivity contribution is 0.171. The van der Waals surface area contributed by atoms with Crippen molar-refractivity contribution in [2.45, 2.75) is 13.1 Å². The van der Waals surface area contributed by atoms with E-state index >= 15 is 0 Å². The summed E-state index contributed by atoms with van der Waals surface area (Å²) in [7, 11) is 0. The Labute approximate surface area is 121 Å². The number of halogens is 2. The van der Waals surface area contributed by atoms with Crippen LogP contribution in [-0.4, -0.2) is 13.2 Å². The van der Waals surface area contributed by atoms with E-state index in [9.17, 15) is 8.78 Å². The molecular formula is C16H15F2NO2. The van der Waals surface area contributed by atoms with E-state index in [2.05, 4.69) is 5.32 Å². The lowest BCUT2D eigenvalue weighted by Crippen LogP contribution is -2.17. The first-order chi connectivity index (χ1) is 10.2. The Bertz CT molecular complexity index is 626. The summed E-state index contributed by atoms with van der Waals surface area (Å²) >= 11 is 0. The van der Waals surface area contributed by atoms with Gasteiger partial charge in [-0.2, -0.15) is 0 Å². The second-order valence-corrected chi connectivity index (χ2v) is 4.78. The minimum Gasteiger partial charge on any atom is -0.486 e. The van der Waals surface area contributed by atoms with Gasteiger partial charge in [0.25, 0.3) is 0 Å². The minimum atomic E-state index is -0.537. The van der Waals surface area contributed by atoms with Gasteiger partial charge in [0.2, 0.25) is 0 Å². The van der Waals surface area contributed by atoms with Crippen molar-refractivity contribution >= 4 is 0 Å². The van der Waals surface area contributed by atoms with E-state index in [1.807, 2.05) is 18.2 Å². The van der Waals surface area contributed by atoms with E-state index in [-0.39, 0.29) is 12.1 Å². The lowest BCUT2D eigenvalue weighted by Gasteiger charge is -2.19. The molecule has 110 valence electrons. The average molecular weight is 291 g/mol. The number of benzene rings is 2. The second kappa shape index (κ2) is 6.10. The largest absolute Gasteiger partial charge is 0.486 e. The number of hydrogen-bond acceptors (Lipinski definition) is 3. The topological polar surface area (TPSA) is 30.5 Å². The van der Waals surface area contributed by atoms with Gasteiger partial charge in [-0.05, 0) is 29.8 Å². The quantitative estimate of drug-likeness (QED) is 0.939. The maximum Gasteiger partial charge on any atom is 0.161 e. The van der Waals surface area contributed by atoms with Crippen molar-refractivity contribution in [2.24, 2.45) is 0 Å². The fourth-order valence-electron chi connectivity index (χ4n) is 2.23. The second-order valence-electron chi connectivity index (χ2n) is 4.78. The normalized spacial score (nSPS) is 13.2. The molecule has 3 nitrogen and oxygen atoms in total. The molecule has 5 heteroatoms. The molecule has 21 heavy (non-hydrogen) atoms. The first-order valence-electron chi connectivity index (χ1n) is 6.76. The highest BCUT2D eigenvalue weighted by atomic mass is 19.1. The molecule has 0 aromatic heterocycles. The predicted octanol–water partition coefficient (Wildman–Crippen LogP) is 3.03. The molecule has 2 aromatic rings. The molecule has 3 rings (SSSR count). The van der Waals surface area contributed by atoms with E-state index in [0.717, 1.165) is 11.3 Å². The summed E-state index contributed by atoms with van der Waals surface area (Å²) < 4.78 is 37.9. The summed E-state index contributed by atoms with van der Waals surface area (Å²) in [4.78, 5) is 0. The van der Waals surface area contributed by atoms with Crippen LogP contribution in [0.5, 0.6) is 11.5 Å². The van der Waals surface area contributed by atoms with Gasteiger partial charge >= 0.3 is 0 Å². The molecule has 0 saturated heterocycles. The zero-order valence-corrected chi connectivity index (χ0v) is 11.4. The maximum atomic E-state index is 13.5. The van der Waals surface area contributed by atoms with Crippen LogP contribution in [0.2, 0.25) is 0 Å². The summed E-state index contributed by atoms with van der Waals surface area (Å²) in [5.74, 6) is 0.358. The van der Waals surface area contributed by atoms with Crippen molar-refractivity contribution < 1.29 is 18.3 Å². The Morgan fingerprint density at radius 1 is 0.905 bits per heavy atom. The number of nitrogens with one attached hydrogen (secondary N) is 1. The van der Waals surface area contributed by atoms with Crippen molar-refractivity contribution in [2.75, 3.05) is 13.2 Å². The SMILES string of the molecule is Fc1cccc(F)c1CNCc1ccc2c(c1)OCCO2. The molecular weight excluding hydrogens is 276 g/mol. The zero-order chi connectivity index (χ0) is 14.7. The fourth-order valence-corrected chi connectivity index (χ4v) is 2.23. The molecule has 0 fully saturated rings. The van der Waals surface area contributed by atoms with Crippen molar-refractivity contribution in [3.63, 3.8) is 0 Å². The standard InChI is InChI=1S/C16H15F2NO2/c17-13-2-1-3-14(18)12(13)10-19-9-11-4-5-15-16(8-11)21-7-6-20-15/h1-5,8,19H,6-7,9-10H2. The number of rotatable bonds is 4. The van der Waals surface area contributed by atoms with Gasteiger partial charge in [-0.1, -0.05) is 12.1 Å². The van der Waals surface area contributed by atoms with E-state index in [1.165, 1.54) is 18.2 Å². The van der Waals surface area contributed by atoms with Gasteiger partial charge in [-0.3, -0.25) is 0 Å². The predicted molar refractivity (Wildman–Crippen MR) is 74.3 cm³/mol. The summed E-state index contributed by atoms with van der Waals surface area (Å²) in [6.07, 6.45) is 0. The molecule has 0 aliphatic carbocycles. The van der Waals surface area contributed by atoms with Crippen LogP contribution in [0.15, 0.2) is 36.4 Å². The molecule has 0 saturated carbocycles. The molecule has 1 N–H and O–H groups in total. The van der Waals surface area contributed by atoms with Crippen molar-refractivity contribution in [3.8, 4) is 11.5 Å². The maximum absolute atomic E-state index is 13.5. The van der Waals surface area contributed by atoms with E-state index < -0.39 is 11.6 Å². The van der Waals surface area contributed by atoms with Crippen LogP contribution in [0.1, 0.15) is 11.1 Å². The Hall–Kier alpha value is -2.14. The van der Waals surface area contributed by atoms with E-state index in [1.54, 1.807) is 0 Å². The average Bonchev–Trinajstić information content (AvgIpc) is 2.50. The number of ether oxygens (including phenoxy) is 2. The smallest absolute Gasteiger partial charge is 0.161 e. The molecule has 0 atom stereocenters. The third kappa shape index (κ3) is 3.13. The highest BCUT2D eigenvalue weighted by Gasteiger charge is 2.12. The number of hydrogen-bond donors (Lipinski definition) is 1. The third-order valence-electron chi connectivity index (χ3n) is 3.30. The van der Waals surface area contributed by atoms with Crippen molar-refractivity contribution in [1.29, 1.82) is 0 Å². The Kier molecular flexibility index (Phi) is 4.01. The Morgan fingerprint density at radius 3 is 2.38 bits per heavy atom. The third-order valence-corrected chi connectivity index (χ3v) is 3.30. The summed E-state index contributed by atoms with van der Waals surface area (Å²) in [6, 6.07) is 9.48. The molecule has 1 heterocycles. The summed E-state index contributed by atoms with van der Waals surface area (Å²) in [5, 5.41) is 3.03. The summed E-state index contributed by atoms with van der Waals surface area (Å²) in [5.41, 5.74) is 1.02. The zero-order valence-electron chi connectivity index (χ0n) is 11.4. The Morgan fingerprint density at radius 2 is 1.62 bits per heavy atom. The molecule has 2 aromatic carbocycles. The lowest BCUT2D eigenvalue weighted by atomic mass is 10.1. The van der Waals surface area contributed by atoms with Gasteiger partial charge in [0.05, 0.1) is 0 Å². The van der Waals surface area contributed by atoms with Crippen LogP contribution in [0.4, 0.5) is 8.78 Å². The highest BCUT2D eigenvalue weighted by molar-refractivity contribution is 5.43. The highest BCUT2D eigenvalue weighted by Crippen LogP contribution is 2.30. The minimum absolute atomic E-state index is 0.0510. The molecule has 0 radical (unpaired) electrons. The van der Waals surface area contributed by atoms with Crippen LogP contribution in [0.25, 0.3) is 0 Å². The number of fused-ring (bicyclic) bond motifs is 1. The van der Waals surface area contributed by atoms with Crippen LogP contribution in [0.3, 0.4) is 0 Å². The first kappa shape index (κ1) is 13.8. The molecule has 0 amide bonds. The van der Waals surface area contributed by atoms with Gasteiger partial charge in [0.15, 0.2) is 11.5 Å². The van der Waals surface area contributed by atoms with Gasteiger partial charge in [0.1, 0.15) is 24.8 Å². The van der Waals surface area contributed by atoms with Gasteiger partial charge in [-0.15, -0.1) is 0 Å². The molecule has 0 bridgehead atoms. The Balaban J connectivity index is 1.63. The van der Waals surface area contributed by atoms with Crippen LogP contribution in [0, 0.1) is 11.6 Å².